The van der Waals surface area contributed by atoms with Crippen molar-refractivity contribution in [2.45, 2.75) is 51.6 Å². The Morgan fingerprint density at radius 2 is 2.00 bits per heavy atom. The topological polar surface area (TPSA) is 43.8 Å². The van der Waals surface area contributed by atoms with E-state index >= 15 is 0 Å². The lowest BCUT2D eigenvalue weighted by Gasteiger charge is -2.25. The number of aromatic nitrogens is 2. The largest absolute Gasteiger partial charge is 0.333 e. The maximum Gasteiger partial charge on any atom is 0.126 e. The fourth-order valence-corrected chi connectivity index (χ4v) is 3.85. The second-order valence-electron chi connectivity index (χ2n) is 6.77. The summed E-state index contributed by atoms with van der Waals surface area (Å²) in [7, 11) is 0. The van der Waals surface area contributed by atoms with Crippen molar-refractivity contribution in [2.24, 2.45) is 11.7 Å². The van der Waals surface area contributed by atoms with Crippen LogP contribution in [0.15, 0.2) is 24.4 Å². The quantitative estimate of drug-likeness (QED) is 0.870. The number of rotatable bonds is 1. The average molecular weight is 281 g/mol. The van der Waals surface area contributed by atoms with Crippen molar-refractivity contribution >= 4 is 0 Å². The van der Waals surface area contributed by atoms with Gasteiger partial charge in [-0.15, -0.1) is 0 Å². The Bertz CT molecular complexity index is 671. The first-order chi connectivity index (χ1) is 10.2. The minimum Gasteiger partial charge on any atom is -0.333 e. The van der Waals surface area contributed by atoms with E-state index in [1.54, 1.807) is 0 Å². The van der Waals surface area contributed by atoms with Crippen LogP contribution in [-0.2, 0) is 19.4 Å². The molecule has 3 nitrogen and oxygen atoms in total. The number of nitrogens with zero attached hydrogens (tertiary/aromatic N) is 2. The molecule has 3 heteroatoms. The van der Waals surface area contributed by atoms with Gasteiger partial charge < -0.3 is 10.3 Å². The molecule has 0 amide bonds. The van der Waals surface area contributed by atoms with Gasteiger partial charge in [-0.2, -0.15) is 0 Å². The zero-order chi connectivity index (χ0) is 14.4. The second kappa shape index (κ2) is 4.99. The van der Waals surface area contributed by atoms with Crippen molar-refractivity contribution in [1.29, 1.82) is 0 Å². The molecule has 0 spiro atoms. The van der Waals surface area contributed by atoms with Gasteiger partial charge in [0.1, 0.15) is 5.82 Å². The van der Waals surface area contributed by atoms with Crippen LogP contribution < -0.4 is 5.73 Å². The van der Waals surface area contributed by atoms with Crippen LogP contribution in [0, 0.1) is 5.92 Å². The smallest absolute Gasteiger partial charge is 0.126 e. The van der Waals surface area contributed by atoms with E-state index < -0.39 is 0 Å². The zero-order valence-corrected chi connectivity index (χ0v) is 12.7. The maximum absolute atomic E-state index is 6.26. The molecule has 4 rings (SSSR count). The van der Waals surface area contributed by atoms with Crippen molar-refractivity contribution in [2.75, 3.05) is 0 Å². The van der Waals surface area contributed by atoms with E-state index in [4.69, 9.17) is 10.7 Å². The first kappa shape index (κ1) is 13.1. The van der Waals surface area contributed by atoms with Crippen molar-refractivity contribution in [3.05, 3.63) is 41.3 Å². The van der Waals surface area contributed by atoms with E-state index in [-0.39, 0.29) is 6.04 Å². The maximum atomic E-state index is 6.26. The van der Waals surface area contributed by atoms with Gasteiger partial charge in [0, 0.05) is 18.3 Å². The van der Waals surface area contributed by atoms with Crippen LogP contribution in [-0.4, -0.2) is 9.55 Å². The van der Waals surface area contributed by atoms with E-state index in [0.717, 1.165) is 24.5 Å². The van der Waals surface area contributed by atoms with Crippen LogP contribution in [0.3, 0.4) is 0 Å². The summed E-state index contributed by atoms with van der Waals surface area (Å²) in [4.78, 5) is 4.82. The summed E-state index contributed by atoms with van der Waals surface area (Å²) < 4.78 is 2.26. The Kier molecular flexibility index (Phi) is 3.11. The lowest BCUT2D eigenvalue weighted by Crippen LogP contribution is -2.26. The highest BCUT2D eigenvalue weighted by atomic mass is 15.1. The predicted octanol–water partition coefficient (Wildman–Crippen LogP) is 3.47. The van der Waals surface area contributed by atoms with Gasteiger partial charge in [0.2, 0.25) is 0 Å². The summed E-state index contributed by atoms with van der Waals surface area (Å²) in [5, 5.41) is 0. The van der Waals surface area contributed by atoms with Gasteiger partial charge in [-0.25, -0.2) is 4.98 Å². The number of imidazole rings is 1. The zero-order valence-electron chi connectivity index (χ0n) is 12.7. The van der Waals surface area contributed by atoms with Crippen LogP contribution >= 0.6 is 0 Å². The number of nitrogens with two attached hydrogens (primary N) is 1. The second-order valence-corrected chi connectivity index (χ2v) is 6.77. The molecule has 0 saturated carbocycles. The number of aryl methyl sites for hydroxylation is 2. The van der Waals surface area contributed by atoms with Crippen molar-refractivity contribution in [3.63, 3.8) is 0 Å². The first-order valence-electron chi connectivity index (χ1n) is 8.15. The lowest BCUT2D eigenvalue weighted by molar-refractivity contribution is 0.346. The molecular formula is C18H23N3. The lowest BCUT2D eigenvalue weighted by atomic mass is 9.90. The fraction of sp³-hybridized carbons (Fsp3) is 0.500. The standard InChI is InChI=1S/C18H23N3/c1-12-8-16(19)18-20-17(11-21(18)10-12)15-7-6-13-4-2-3-5-14(13)9-15/h6-7,9,11-12,16H,2-5,8,10,19H2,1H3. The van der Waals surface area contributed by atoms with Gasteiger partial charge >= 0.3 is 0 Å². The summed E-state index contributed by atoms with van der Waals surface area (Å²) in [5.41, 5.74) is 11.6. The molecule has 110 valence electrons. The van der Waals surface area contributed by atoms with Crippen molar-refractivity contribution < 1.29 is 0 Å². The Hall–Kier alpha value is -1.61. The summed E-state index contributed by atoms with van der Waals surface area (Å²) in [5.74, 6) is 1.69. The minimum absolute atomic E-state index is 0.0835. The van der Waals surface area contributed by atoms with Gasteiger partial charge in [0.15, 0.2) is 0 Å². The Morgan fingerprint density at radius 3 is 2.86 bits per heavy atom. The Morgan fingerprint density at radius 1 is 1.19 bits per heavy atom. The molecule has 1 aliphatic carbocycles. The van der Waals surface area contributed by atoms with E-state index in [0.29, 0.717) is 5.92 Å². The molecule has 0 saturated heterocycles. The van der Waals surface area contributed by atoms with Gasteiger partial charge in [-0.3, -0.25) is 0 Å². The SMILES string of the molecule is CC1CC(N)c2nc(-c3ccc4c(c3)CCCC4)cn2C1. The molecule has 1 aromatic carbocycles. The van der Waals surface area contributed by atoms with Gasteiger partial charge in [0.05, 0.1) is 11.7 Å². The third-order valence-corrected chi connectivity index (χ3v) is 4.95. The number of benzene rings is 1. The number of fused-ring (bicyclic) bond motifs is 2. The van der Waals surface area contributed by atoms with Crippen LogP contribution in [0.2, 0.25) is 0 Å². The molecular weight excluding hydrogens is 258 g/mol. The third-order valence-electron chi connectivity index (χ3n) is 4.95. The molecule has 0 fully saturated rings. The molecule has 2 aromatic rings. The average Bonchev–Trinajstić information content (AvgIpc) is 2.91. The summed E-state index contributed by atoms with van der Waals surface area (Å²) in [6.45, 7) is 3.31. The summed E-state index contributed by atoms with van der Waals surface area (Å²) in [6.07, 6.45) is 8.33. The number of hydrogen-bond acceptors (Lipinski definition) is 2. The first-order valence-corrected chi connectivity index (χ1v) is 8.15. The van der Waals surface area contributed by atoms with Crippen LogP contribution in [0.1, 0.15) is 49.2 Å². The van der Waals surface area contributed by atoms with Gasteiger partial charge in [0.25, 0.3) is 0 Å². The van der Waals surface area contributed by atoms with E-state index in [1.807, 2.05) is 0 Å². The molecule has 2 atom stereocenters. The summed E-state index contributed by atoms with van der Waals surface area (Å²) >= 11 is 0. The monoisotopic (exact) mass is 281 g/mol. The molecule has 0 bridgehead atoms. The van der Waals surface area contributed by atoms with Crippen LogP contribution in [0.25, 0.3) is 11.3 Å². The normalized spacial score (nSPS) is 24.5. The Labute approximate surface area is 126 Å². The predicted molar refractivity (Wildman–Crippen MR) is 85.0 cm³/mol. The van der Waals surface area contributed by atoms with Crippen LogP contribution in [0.5, 0.6) is 0 Å². The van der Waals surface area contributed by atoms with Gasteiger partial charge in [-0.05, 0) is 55.2 Å². The van der Waals surface area contributed by atoms with Crippen molar-refractivity contribution in [1.82, 2.24) is 9.55 Å². The highest BCUT2D eigenvalue weighted by Crippen LogP contribution is 2.31. The highest BCUT2D eigenvalue weighted by Gasteiger charge is 2.24. The molecule has 1 aromatic heterocycles. The van der Waals surface area contributed by atoms with Crippen molar-refractivity contribution in [3.8, 4) is 11.3 Å². The van der Waals surface area contributed by atoms with E-state index in [9.17, 15) is 0 Å². The molecule has 2 N–H and O–H groups in total. The molecule has 0 radical (unpaired) electrons. The Balaban J connectivity index is 1.72. The molecule has 21 heavy (non-hydrogen) atoms. The minimum atomic E-state index is 0.0835. The van der Waals surface area contributed by atoms with Gasteiger partial charge in [-0.1, -0.05) is 19.1 Å². The highest BCUT2D eigenvalue weighted by molar-refractivity contribution is 5.61. The molecule has 2 heterocycles. The molecule has 2 unspecified atom stereocenters. The van der Waals surface area contributed by atoms with E-state index in [2.05, 4.69) is 35.9 Å². The third kappa shape index (κ3) is 2.30. The number of hydrogen-bond donors (Lipinski definition) is 1. The van der Waals surface area contributed by atoms with E-state index in [1.165, 1.54) is 42.4 Å². The summed E-state index contributed by atoms with van der Waals surface area (Å²) in [6, 6.07) is 6.95. The van der Waals surface area contributed by atoms with Crippen LogP contribution in [0.4, 0.5) is 0 Å². The molecule has 2 aliphatic rings. The fourth-order valence-electron chi connectivity index (χ4n) is 3.85. The molecule has 1 aliphatic heterocycles.